The molecule has 92 valence electrons. The Morgan fingerprint density at radius 3 is 2.33 bits per heavy atom. The third-order valence-electron chi connectivity index (χ3n) is 2.51. The molecular formula is C15H13FO2. The summed E-state index contributed by atoms with van der Waals surface area (Å²) < 4.78 is 18.0. The molecule has 0 aliphatic carbocycles. The second-order valence-corrected chi connectivity index (χ2v) is 3.91. The molecule has 2 rings (SSSR count). The lowest BCUT2D eigenvalue weighted by Gasteiger charge is -2.04. The number of ether oxygens (including phenoxy) is 1. The van der Waals surface area contributed by atoms with E-state index >= 15 is 0 Å². The molecule has 0 saturated carbocycles. The van der Waals surface area contributed by atoms with Crippen LogP contribution in [-0.2, 0) is 11.3 Å². The highest BCUT2D eigenvalue weighted by Gasteiger charge is 2.05. The van der Waals surface area contributed by atoms with Gasteiger partial charge in [0.25, 0.3) is 0 Å². The lowest BCUT2D eigenvalue weighted by atomic mass is 10.1. The monoisotopic (exact) mass is 244 g/mol. The predicted molar refractivity (Wildman–Crippen MR) is 66.8 cm³/mol. The van der Waals surface area contributed by atoms with Crippen LogP contribution >= 0.6 is 0 Å². The lowest BCUT2D eigenvalue weighted by molar-refractivity contribution is 0.0726. The largest absolute Gasteiger partial charge is 0.369 e. The molecule has 0 aliphatic rings. The Kier molecular flexibility index (Phi) is 4.20. The van der Waals surface area contributed by atoms with Crippen LogP contribution in [0, 0.1) is 5.82 Å². The van der Waals surface area contributed by atoms with E-state index in [1.54, 1.807) is 0 Å². The van der Waals surface area contributed by atoms with Gasteiger partial charge in [-0.1, -0.05) is 30.3 Å². The van der Waals surface area contributed by atoms with Crippen molar-refractivity contribution in [3.05, 3.63) is 71.5 Å². The van der Waals surface area contributed by atoms with Crippen molar-refractivity contribution >= 4 is 5.78 Å². The van der Waals surface area contributed by atoms with E-state index in [4.69, 9.17) is 4.74 Å². The molecule has 2 aromatic rings. The van der Waals surface area contributed by atoms with Gasteiger partial charge in [-0.3, -0.25) is 4.79 Å². The van der Waals surface area contributed by atoms with E-state index in [1.165, 1.54) is 24.3 Å². The standard InChI is InChI=1S/C15H13FO2/c16-14-8-6-13(7-9-14)15(17)11-18-10-12-4-2-1-3-5-12/h1-9H,10-11H2. The van der Waals surface area contributed by atoms with Crippen LogP contribution < -0.4 is 0 Å². The van der Waals surface area contributed by atoms with Crippen molar-refractivity contribution in [2.45, 2.75) is 6.61 Å². The average molecular weight is 244 g/mol. The summed E-state index contributed by atoms with van der Waals surface area (Å²) in [6, 6.07) is 15.1. The molecule has 0 unspecified atom stereocenters. The number of rotatable bonds is 5. The smallest absolute Gasteiger partial charge is 0.188 e. The fourth-order valence-electron chi connectivity index (χ4n) is 1.55. The number of hydrogen-bond acceptors (Lipinski definition) is 2. The molecule has 0 heterocycles. The van der Waals surface area contributed by atoms with Crippen LogP contribution in [0.5, 0.6) is 0 Å². The molecule has 0 N–H and O–H groups in total. The maximum absolute atomic E-state index is 12.7. The maximum atomic E-state index is 12.7. The van der Waals surface area contributed by atoms with Gasteiger partial charge in [0.2, 0.25) is 0 Å². The van der Waals surface area contributed by atoms with Crippen molar-refractivity contribution in [2.24, 2.45) is 0 Å². The van der Waals surface area contributed by atoms with E-state index in [-0.39, 0.29) is 18.2 Å². The molecule has 0 aliphatic heterocycles. The molecule has 2 aromatic carbocycles. The summed E-state index contributed by atoms with van der Waals surface area (Å²) in [6.07, 6.45) is 0. The van der Waals surface area contributed by atoms with Gasteiger partial charge in [-0.15, -0.1) is 0 Å². The first-order chi connectivity index (χ1) is 8.75. The summed E-state index contributed by atoms with van der Waals surface area (Å²) in [4.78, 5) is 11.7. The van der Waals surface area contributed by atoms with E-state index in [2.05, 4.69) is 0 Å². The summed E-state index contributed by atoms with van der Waals surface area (Å²) in [5, 5.41) is 0. The number of Topliss-reactive ketones (excluding diaryl/α,β-unsaturated/α-hetero) is 1. The number of halogens is 1. The second kappa shape index (κ2) is 6.07. The van der Waals surface area contributed by atoms with Crippen LogP contribution in [-0.4, -0.2) is 12.4 Å². The Morgan fingerprint density at radius 1 is 1.00 bits per heavy atom. The quantitative estimate of drug-likeness (QED) is 0.755. The topological polar surface area (TPSA) is 26.3 Å². The first-order valence-corrected chi connectivity index (χ1v) is 5.66. The van der Waals surface area contributed by atoms with Gasteiger partial charge in [0.15, 0.2) is 5.78 Å². The highest BCUT2D eigenvalue weighted by atomic mass is 19.1. The van der Waals surface area contributed by atoms with Crippen molar-refractivity contribution < 1.29 is 13.9 Å². The molecule has 0 aromatic heterocycles. The van der Waals surface area contributed by atoms with Gasteiger partial charge < -0.3 is 4.74 Å². The SMILES string of the molecule is O=C(COCc1ccccc1)c1ccc(F)cc1. The molecule has 3 heteroatoms. The number of ketones is 1. The van der Waals surface area contributed by atoms with Crippen molar-refractivity contribution in [3.63, 3.8) is 0 Å². The Hall–Kier alpha value is -2.00. The maximum Gasteiger partial charge on any atom is 0.188 e. The molecule has 2 nitrogen and oxygen atoms in total. The zero-order chi connectivity index (χ0) is 12.8. The zero-order valence-corrected chi connectivity index (χ0v) is 9.80. The Morgan fingerprint density at radius 2 is 1.67 bits per heavy atom. The minimum absolute atomic E-state index is 0.000522. The summed E-state index contributed by atoms with van der Waals surface area (Å²) in [6.45, 7) is 0.397. The fourth-order valence-corrected chi connectivity index (χ4v) is 1.55. The Labute approximate surface area is 105 Å². The molecule has 18 heavy (non-hydrogen) atoms. The number of hydrogen-bond donors (Lipinski definition) is 0. The van der Waals surface area contributed by atoms with Crippen molar-refractivity contribution in [1.82, 2.24) is 0 Å². The van der Waals surface area contributed by atoms with Crippen LogP contribution in [0.4, 0.5) is 4.39 Å². The second-order valence-electron chi connectivity index (χ2n) is 3.91. The van der Waals surface area contributed by atoms with Gasteiger partial charge in [-0.05, 0) is 29.8 Å². The minimum Gasteiger partial charge on any atom is -0.369 e. The first-order valence-electron chi connectivity index (χ1n) is 5.66. The van der Waals surface area contributed by atoms with Gasteiger partial charge in [0, 0.05) is 5.56 Å². The predicted octanol–water partition coefficient (Wildman–Crippen LogP) is 3.23. The molecule has 0 fully saturated rings. The van der Waals surface area contributed by atoms with Crippen molar-refractivity contribution in [3.8, 4) is 0 Å². The number of carbonyl (C=O) groups is 1. The van der Waals surface area contributed by atoms with Gasteiger partial charge in [0.1, 0.15) is 12.4 Å². The minimum atomic E-state index is -0.350. The van der Waals surface area contributed by atoms with Crippen LogP contribution in [0.3, 0.4) is 0 Å². The molecular weight excluding hydrogens is 231 g/mol. The average Bonchev–Trinajstić information content (AvgIpc) is 2.40. The first kappa shape index (κ1) is 12.5. The number of benzene rings is 2. The summed E-state index contributed by atoms with van der Waals surface area (Å²) in [7, 11) is 0. The van der Waals surface area contributed by atoms with Gasteiger partial charge >= 0.3 is 0 Å². The van der Waals surface area contributed by atoms with Crippen molar-refractivity contribution in [1.29, 1.82) is 0 Å². The number of carbonyl (C=O) groups excluding carboxylic acids is 1. The Balaban J connectivity index is 1.84. The van der Waals surface area contributed by atoms with E-state index in [0.717, 1.165) is 5.56 Å². The van der Waals surface area contributed by atoms with E-state index in [1.807, 2.05) is 30.3 Å². The molecule has 0 bridgehead atoms. The van der Waals surface area contributed by atoms with Gasteiger partial charge in [0.05, 0.1) is 6.61 Å². The van der Waals surface area contributed by atoms with Crippen molar-refractivity contribution in [2.75, 3.05) is 6.61 Å². The molecule has 0 amide bonds. The van der Waals surface area contributed by atoms with Gasteiger partial charge in [-0.2, -0.15) is 0 Å². The molecule has 0 spiro atoms. The highest BCUT2D eigenvalue weighted by molar-refractivity contribution is 5.97. The van der Waals surface area contributed by atoms with Crippen LogP contribution in [0.1, 0.15) is 15.9 Å². The Bertz CT molecular complexity index is 506. The molecule has 0 radical (unpaired) electrons. The zero-order valence-electron chi connectivity index (χ0n) is 9.80. The molecule has 0 saturated heterocycles. The fraction of sp³-hybridized carbons (Fsp3) is 0.133. The van der Waals surface area contributed by atoms with Gasteiger partial charge in [-0.25, -0.2) is 4.39 Å². The lowest BCUT2D eigenvalue weighted by Crippen LogP contribution is -2.09. The third kappa shape index (κ3) is 3.50. The normalized spacial score (nSPS) is 10.3. The van der Waals surface area contributed by atoms with Crippen LogP contribution in [0.25, 0.3) is 0 Å². The summed E-state index contributed by atoms with van der Waals surface area (Å²) in [5.41, 5.74) is 1.48. The summed E-state index contributed by atoms with van der Waals surface area (Å²) >= 11 is 0. The van der Waals surface area contributed by atoms with E-state index < -0.39 is 0 Å². The third-order valence-corrected chi connectivity index (χ3v) is 2.51. The molecule has 0 atom stereocenters. The van der Waals surface area contributed by atoms with Crippen LogP contribution in [0.2, 0.25) is 0 Å². The van der Waals surface area contributed by atoms with Crippen LogP contribution in [0.15, 0.2) is 54.6 Å². The van der Waals surface area contributed by atoms with E-state index in [9.17, 15) is 9.18 Å². The van der Waals surface area contributed by atoms with E-state index in [0.29, 0.717) is 12.2 Å². The highest BCUT2D eigenvalue weighted by Crippen LogP contribution is 2.05. The summed E-state index contributed by atoms with van der Waals surface area (Å²) in [5.74, 6) is -0.498.